The van der Waals surface area contributed by atoms with Gasteiger partial charge in [0.05, 0.1) is 17.4 Å². The summed E-state index contributed by atoms with van der Waals surface area (Å²) in [6.07, 6.45) is 3.43. The Morgan fingerprint density at radius 3 is 2.84 bits per heavy atom. The van der Waals surface area contributed by atoms with Crippen molar-refractivity contribution in [1.82, 2.24) is 4.90 Å². The largest absolute Gasteiger partial charge is 0.482 e. The third kappa shape index (κ3) is 3.82. The first-order valence-corrected chi connectivity index (χ1v) is 11.4. The Labute approximate surface area is 184 Å². The predicted octanol–water partition coefficient (Wildman–Crippen LogP) is 4.40. The van der Waals surface area contributed by atoms with Crippen LogP contribution in [0, 0.1) is 5.82 Å². The van der Waals surface area contributed by atoms with Crippen LogP contribution < -0.4 is 5.32 Å². The molecule has 5 nitrogen and oxygen atoms in total. The lowest BCUT2D eigenvalue weighted by Crippen LogP contribution is -2.35. The van der Waals surface area contributed by atoms with E-state index in [4.69, 9.17) is 4.74 Å². The number of fused-ring (bicyclic) bond motifs is 1. The molecule has 5 rings (SSSR count). The average molecular weight is 441 g/mol. The summed E-state index contributed by atoms with van der Waals surface area (Å²) in [4.78, 5) is 16.3. The van der Waals surface area contributed by atoms with Crippen molar-refractivity contribution in [3.63, 3.8) is 0 Å². The monoisotopic (exact) mass is 440 g/mol. The van der Waals surface area contributed by atoms with E-state index >= 15 is 0 Å². The fourth-order valence-corrected chi connectivity index (χ4v) is 5.44. The van der Waals surface area contributed by atoms with Crippen LogP contribution in [0.25, 0.3) is 11.1 Å². The zero-order valence-electron chi connectivity index (χ0n) is 17.6. The smallest absolute Gasteiger partial charge is 0.260 e. The van der Waals surface area contributed by atoms with E-state index in [1.54, 1.807) is 17.4 Å². The van der Waals surface area contributed by atoms with E-state index in [-0.39, 0.29) is 17.8 Å². The van der Waals surface area contributed by atoms with Gasteiger partial charge < -0.3 is 15.2 Å². The standard InChI is InChI=1S/C24H25FN2O3S/c1-24(2)19(14-9-17(31-13-14)12-27-7-5-16(28)6-8-27)11-21(30-24)22-18-4-3-15(25)10-20(18)26-23(22)29/h3-4,9-11,13,16,28H,5-8,12H2,1-2H3,(H,26,29). The number of amides is 1. The summed E-state index contributed by atoms with van der Waals surface area (Å²) in [6, 6.07) is 6.50. The molecule has 0 spiro atoms. The number of likely N-dealkylation sites (tertiary alicyclic amines) is 1. The van der Waals surface area contributed by atoms with Crippen LogP contribution in [0.2, 0.25) is 0 Å². The van der Waals surface area contributed by atoms with Crippen LogP contribution in [0.4, 0.5) is 10.1 Å². The Morgan fingerprint density at radius 1 is 1.29 bits per heavy atom. The molecule has 0 atom stereocenters. The summed E-state index contributed by atoms with van der Waals surface area (Å²) in [7, 11) is 0. The van der Waals surface area contributed by atoms with Crippen molar-refractivity contribution < 1.29 is 19.0 Å². The Balaban J connectivity index is 1.44. The molecule has 31 heavy (non-hydrogen) atoms. The predicted molar refractivity (Wildman–Crippen MR) is 120 cm³/mol. The number of aliphatic hydroxyl groups is 1. The second kappa shape index (κ2) is 7.58. The number of hydrogen-bond acceptors (Lipinski definition) is 5. The van der Waals surface area contributed by atoms with E-state index in [1.165, 1.54) is 17.0 Å². The number of nitrogens with zero attached hydrogens (tertiary/aromatic N) is 1. The van der Waals surface area contributed by atoms with E-state index < -0.39 is 5.60 Å². The molecule has 1 saturated heterocycles. The topological polar surface area (TPSA) is 61.8 Å². The highest BCUT2D eigenvalue weighted by Gasteiger charge is 2.38. The summed E-state index contributed by atoms with van der Waals surface area (Å²) in [5.74, 6) is -0.147. The second-order valence-corrected chi connectivity index (χ2v) is 9.86. The molecule has 0 aliphatic carbocycles. The van der Waals surface area contributed by atoms with Gasteiger partial charge in [-0.05, 0) is 68.0 Å². The van der Waals surface area contributed by atoms with Gasteiger partial charge in [0.1, 0.15) is 17.2 Å². The van der Waals surface area contributed by atoms with Crippen LogP contribution in [0.5, 0.6) is 0 Å². The highest BCUT2D eigenvalue weighted by atomic mass is 32.1. The van der Waals surface area contributed by atoms with Crippen LogP contribution in [-0.4, -0.2) is 40.7 Å². The lowest BCUT2D eigenvalue weighted by Gasteiger charge is -2.28. The number of rotatable bonds is 3. The molecule has 3 aliphatic rings. The Hall–Kier alpha value is -2.48. The molecule has 7 heteroatoms. The number of thiophene rings is 1. The minimum absolute atomic E-state index is 0.169. The van der Waals surface area contributed by atoms with Gasteiger partial charge in [0.2, 0.25) is 0 Å². The molecular weight excluding hydrogens is 415 g/mol. The maximum absolute atomic E-state index is 13.6. The molecule has 4 heterocycles. The highest BCUT2D eigenvalue weighted by molar-refractivity contribution is 7.10. The third-order valence-corrected chi connectivity index (χ3v) is 7.08. The van der Waals surface area contributed by atoms with Crippen molar-refractivity contribution in [3.05, 3.63) is 63.3 Å². The molecular formula is C24H25FN2O3S. The molecule has 162 valence electrons. The lowest BCUT2D eigenvalue weighted by atomic mass is 9.94. The second-order valence-electron chi connectivity index (χ2n) is 8.86. The van der Waals surface area contributed by atoms with Gasteiger partial charge in [0.15, 0.2) is 0 Å². The number of carbonyl (C=O) groups excluding carboxylic acids is 1. The van der Waals surface area contributed by atoms with Gasteiger partial charge in [0, 0.05) is 35.6 Å². The lowest BCUT2D eigenvalue weighted by molar-refractivity contribution is -0.111. The van der Waals surface area contributed by atoms with Gasteiger partial charge >= 0.3 is 0 Å². The quantitative estimate of drug-likeness (QED) is 0.695. The SMILES string of the molecule is CC1(C)OC(=C2C(=O)Nc3cc(F)ccc32)C=C1c1csc(CN2CCC(O)CC2)c1. The van der Waals surface area contributed by atoms with Gasteiger partial charge in [-0.15, -0.1) is 11.3 Å². The summed E-state index contributed by atoms with van der Waals surface area (Å²) >= 11 is 1.72. The van der Waals surface area contributed by atoms with Crippen LogP contribution in [0.15, 0.2) is 41.5 Å². The van der Waals surface area contributed by atoms with Crippen LogP contribution in [0.1, 0.15) is 42.7 Å². The summed E-state index contributed by atoms with van der Waals surface area (Å²) in [6.45, 7) is 6.69. The highest BCUT2D eigenvalue weighted by Crippen LogP contribution is 2.45. The van der Waals surface area contributed by atoms with Crippen molar-refractivity contribution in [2.75, 3.05) is 18.4 Å². The summed E-state index contributed by atoms with van der Waals surface area (Å²) in [5.41, 5.74) is 3.11. The maximum Gasteiger partial charge on any atom is 0.260 e. The summed E-state index contributed by atoms with van der Waals surface area (Å²) in [5, 5.41) is 14.6. The molecule has 0 bridgehead atoms. The molecule has 3 aliphatic heterocycles. The Morgan fingerprint density at radius 2 is 2.06 bits per heavy atom. The molecule has 2 aromatic rings. The molecule has 1 fully saturated rings. The van der Waals surface area contributed by atoms with E-state index in [0.717, 1.165) is 43.6 Å². The van der Waals surface area contributed by atoms with Gasteiger partial charge in [-0.1, -0.05) is 0 Å². The van der Waals surface area contributed by atoms with Gasteiger partial charge in [-0.3, -0.25) is 9.69 Å². The van der Waals surface area contributed by atoms with E-state index in [0.29, 0.717) is 22.6 Å². The minimum Gasteiger partial charge on any atom is -0.482 e. The van der Waals surface area contributed by atoms with Crippen molar-refractivity contribution in [3.8, 4) is 0 Å². The number of hydrogen-bond donors (Lipinski definition) is 2. The fraction of sp³-hybridized carbons (Fsp3) is 0.375. The van der Waals surface area contributed by atoms with Gasteiger partial charge in [0.25, 0.3) is 5.91 Å². The third-order valence-electron chi connectivity index (χ3n) is 6.16. The van der Waals surface area contributed by atoms with Crippen LogP contribution in [0.3, 0.4) is 0 Å². The Kier molecular flexibility index (Phi) is 5.00. The van der Waals surface area contributed by atoms with E-state index in [9.17, 15) is 14.3 Å². The molecule has 1 aromatic carbocycles. The molecule has 0 unspecified atom stereocenters. The van der Waals surface area contributed by atoms with Crippen molar-refractivity contribution in [2.24, 2.45) is 0 Å². The first kappa shape index (κ1) is 20.4. The zero-order chi connectivity index (χ0) is 21.8. The average Bonchev–Trinajstić information content (AvgIpc) is 3.37. The fourth-order valence-electron chi connectivity index (χ4n) is 4.51. The normalized spacial score (nSPS) is 23.5. The molecule has 0 saturated carbocycles. The van der Waals surface area contributed by atoms with Crippen molar-refractivity contribution in [2.45, 2.75) is 44.9 Å². The van der Waals surface area contributed by atoms with Gasteiger partial charge in [-0.25, -0.2) is 4.39 Å². The van der Waals surface area contributed by atoms with Crippen LogP contribution in [-0.2, 0) is 16.1 Å². The number of anilines is 1. The number of piperidine rings is 1. The number of carbonyl (C=O) groups is 1. The van der Waals surface area contributed by atoms with E-state index in [1.807, 2.05) is 19.9 Å². The molecule has 2 N–H and O–H groups in total. The number of ether oxygens (including phenoxy) is 1. The number of halogens is 1. The molecule has 1 aromatic heterocycles. The number of aliphatic hydroxyl groups excluding tert-OH is 1. The number of allylic oxidation sites excluding steroid dienone is 1. The van der Waals surface area contributed by atoms with Gasteiger partial charge in [-0.2, -0.15) is 0 Å². The van der Waals surface area contributed by atoms with Crippen molar-refractivity contribution >= 4 is 34.1 Å². The number of nitrogens with one attached hydrogen (secondary N) is 1. The van der Waals surface area contributed by atoms with Crippen molar-refractivity contribution in [1.29, 1.82) is 0 Å². The van der Waals surface area contributed by atoms with Crippen LogP contribution >= 0.6 is 11.3 Å². The molecule has 0 radical (unpaired) electrons. The first-order chi connectivity index (χ1) is 14.8. The molecule has 1 amide bonds. The first-order valence-electron chi connectivity index (χ1n) is 10.5. The van der Waals surface area contributed by atoms with E-state index in [2.05, 4.69) is 21.7 Å². The maximum atomic E-state index is 13.6. The zero-order valence-corrected chi connectivity index (χ0v) is 18.4. The number of benzene rings is 1. The minimum atomic E-state index is -0.584. The Bertz CT molecular complexity index is 1110. The summed E-state index contributed by atoms with van der Waals surface area (Å²) < 4.78 is 19.8.